The van der Waals surface area contributed by atoms with Crippen LogP contribution in [-0.2, 0) is 38.8 Å². The van der Waals surface area contributed by atoms with Crippen LogP contribution in [0.3, 0.4) is 0 Å². The molecule has 0 aliphatic heterocycles. The predicted molar refractivity (Wildman–Crippen MR) is 181 cm³/mol. The molecule has 3 atom stereocenters. The molecule has 2 aromatic carbocycles. The van der Waals surface area contributed by atoms with Gasteiger partial charge in [0.1, 0.15) is 17.7 Å². The van der Waals surface area contributed by atoms with E-state index in [1.54, 1.807) is 0 Å². The Morgan fingerprint density at radius 1 is 0.957 bits per heavy atom. The van der Waals surface area contributed by atoms with Crippen molar-refractivity contribution in [2.24, 2.45) is 5.92 Å². The monoisotopic (exact) mass is 701 g/mol. The van der Waals surface area contributed by atoms with Crippen molar-refractivity contribution >= 4 is 34.2 Å². The summed E-state index contributed by atoms with van der Waals surface area (Å²) in [5, 5.41) is 18.8. The van der Waals surface area contributed by atoms with Gasteiger partial charge in [-0.05, 0) is 73.3 Å². The molecule has 47 heavy (non-hydrogen) atoms. The highest BCUT2D eigenvalue weighted by Gasteiger charge is 2.35. The second-order valence-electron chi connectivity index (χ2n) is 12.2. The Hall–Kier alpha value is -2.80. The Balaban J connectivity index is 0.00000768. The summed E-state index contributed by atoms with van der Waals surface area (Å²) < 4.78 is 60.3. The summed E-state index contributed by atoms with van der Waals surface area (Å²) in [5.41, 5.74) is 2.33. The Kier molecular flexibility index (Phi) is 17.1. The molecule has 264 valence electrons. The van der Waals surface area contributed by atoms with Gasteiger partial charge in [-0.15, -0.1) is 12.4 Å². The van der Waals surface area contributed by atoms with E-state index in [1.807, 2.05) is 45.0 Å². The molecule has 2 aromatic rings. The smallest absolute Gasteiger partial charge is 0.407 e. The highest BCUT2D eigenvalue weighted by atomic mass is 35.5. The standard InChI is InChI=1S/C34H49F2N3O6S.ClH/c1-4-8-29(9-5-2)46(43,44)22-31(39-34(42)45-21-24-12-13-24)33(41)38-30(17-26-15-27(35)18-28(36)16-26)32(40)20-37-19-25-11-7-10-23(6-3)14-25;/h7,10-11,14-16,18,24,29-32,37,40H,4-6,8-9,12-13,17,19-22H2,1-3H3,(H,38,41)(H,39,42);1H/t30-,31+,32+;/m0./s1. The second-order valence-corrected chi connectivity index (χ2v) is 14.6. The Bertz CT molecular complexity index is 1370. The molecule has 0 unspecified atom stereocenters. The van der Waals surface area contributed by atoms with E-state index < -0.39 is 62.7 Å². The third-order valence-corrected chi connectivity index (χ3v) is 10.4. The molecule has 2 amide bonds. The molecule has 3 rings (SSSR count). The fourth-order valence-corrected chi connectivity index (χ4v) is 7.54. The molecule has 1 saturated carbocycles. The average Bonchev–Trinajstić information content (AvgIpc) is 3.83. The average molecular weight is 702 g/mol. The summed E-state index contributed by atoms with van der Waals surface area (Å²) in [6, 6.07) is 8.27. The number of sulfone groups is 1. The van der Waals surface area contributed by atoms with Gasteiger partial charge in [-0.25, -0.2) is 22.0 Å². The minimum absolute atomic E-state index is 0. The molecule has 9 nitrogen and oxygen atoms in total. The van der Waals surface area contributed by atoms with Gasteiger partial charge in [0.25, 0.3) is 0 Å². The minimum Gasteiger partial charge on any atom is -0.449 e. The van der Waals surface area contributed by atoms with Crippen molar-refractivity contribution < 1.29 is 36.6 Å². The molecule has 0 radical (unpaired) electrons. The predicted octanol–water partition coefficient (Wildman–Crippen LogP) is 5.02. The molecule has 0 spiro atoms. The molecule has 4 N–H and O–H groups in total. The van der Waals surface area contributed by atoms with E-state index in [0.29, 0.717) is 32.2 Å². The van der Waals surface area contributed by atoms with Crippen molar-refractivity contribution in [3.8, 4) is 0 Å². The first-order valence-electron chi connectivity index (χ1n) is 16.3. The highest BCUT2D eigenvalue weighted by molar-refractivity contribution is 7.92. The van der Waals surface area contributed by atoms with Crippen LogP contribution in [0.1, 0.15) is 76.0 Å². The van der Waals surface area contributed by atoms with E-state index in [9.17, 15) is 31.9 Å². The number of aliphatic hydroxyl groups excluding tert-OH is 1. The van der Waals surface area contributed by atoms with Gasteiger partial charge >= 0.3 is 6.09 Å². The normalized spacial score (nSPS) is 15.0. The van der Waals surface area contributed by atoms with Gasteiger partial charge < -0.3 is 25.8 Å². The zero-order valence-electron chi connectivity index (χ0n) is 27.5. The molecule has 1 fully saturated rings. The molecule has 0 heterocycles. The number of hydrogen-bond acceptors (Lipinski definition) is 7. The van der Waals surface area contributed by atoms with Crippen LogP contribution in [0, 0.1) is 17.6 Å². The first-order valence-corrected chi connectivity index (χ1v) is 18.0. The number of aryl methyl sites for hydroxylation is 1. The highest BCUT2D eigenvalue weighted by Crippen LogP contribution is 2.28. The number of amides is 2. The van der Waals surface area contributed by atoms with Crippen LogP contribution in [0.25, 0.3) is 0 Å². The second kappa shape index (κ2) is 19.9. The van der Waals surface area contributed by atoms with E-state index in [2.05, 4.69) is 16.0 Å². The molecular formula is C34H50ClF2N3O6S. The summed E-state index contributed by atoms with van der Waals surface area (Å²) in [4.78, 5) is 26.4. The van der Waals surface area contributed by atoms with E-state index in [-0.39, 0.29) is 43.5 Å². The number of hydrogen-bond donors (Lipinski definition) is 4. The Labute approximate surface area is 284 Å². The quantitative estimate of drug-likeness (QED) is 0.153. The summed E-state index contributed by atoms with van der Waals surface area (Å²) in [6.45, 7) is 6.41. The zero-order chi connectivity index (χ0) is 33.7. The Morgan fingerprint density at radius 3 is 2.19 bits per heavy atom. The zero-order valence-corrected chi connectivity index (χ0v) is 29.1. The van der Waals surface area contributed by atoms with Crippen molar-refractivity contribution in [2.45, 2.75) is 102 Å². The number of nitrogens with one attached hydrogen (secondary N) is 3. The van der Waals surface area contributed by atoms with Crippen molar-refractivity contribution in [1.29, 1.82) is 0 Å². The topological polar surface area (TPSA) is 134 Å². The van der Waals surface area contributed by atoms with Crippen LogP contribution < -0.4 is 16.0 Å². The maximum atomic E-state index is 14.1. The molecule has 0 saturated heterocycles. The molecule has 0 bridgehead atoms. The first kappa shape index (κ1) is 40.4. The van der Waals surface area contributed by atoms with E-state index in [0.717, 1.165) is 48.6 Å². The van der Waals surface area contributed by atoms with Gasteiger partial charge in [-0.1, -0.05) is 57.9 Å². The third kappa shape index (κ3) is 14.1. The maximum absolute atomic E-state index is 14.1. The fourth-order valence-electron chi connectivity index (χ4n) is 5.38. The van der Waals surface area contributed by atoms with Gasteiger partial charge in [-0.3, -0.25) is 4.79 Å². The van der Waals surface area contributed by atoms with E-state index >= 15 is 0 Å². The van der Waals surface area contributed by atoms with E-state index in [4.69, 9.17) is 4.74 Å². The van der Waals surface area contributed by atoms with E-state index in [1.165, 1.54) is 0 Å². The lowest BCUT2D eigenvalue weighted by atomic mass is 10.00. The lowest BCUT2D eigenvalue weighted by Crippen LogP contribution is -2.57. The van der Waals surface area contributed by atoms with Gasteiger partial charge in [0.05, 0.1) is 29.8 Å². The number of rotatable bonds is 20. The van der Waals surface area contributed by atoms with Crippen LogP contribution in [0.5, 0.6) is 0 Å². The number of halogens is 3. The molecular weight excluding hydrogens is 652 g/mol. The largest absolute Gasteiger partial charge is 0.449 e. The number of carbonyl (C=O) groups excluding carboxylic acids is 2. The third-order valence-electron chi connectivity index (χ3n) is 8.14. The van der Waals surface area contributed by atoms with Crippen LogP contribution in [0.15, 0.2) is 42.5 Å². The number of benzene rings is 2. The van der Waals surface area contributed by atoms with Crippen molar-refractivity contribution in [2.75, 3.05) is 18.9 Å². The van der Waals surface area contributed by atoms with Crippen LogP contribution in [0.2, 0.25) is 0 Å². The number of carbonyl (C=O) groups is 2. The summed E-state index contributed by atoms with van der Waals surface area (Å²) in [6.07, 6.45) is 2.50. The summed E-state index contributed by atoms with van der Waals surface area (Å²) >= 11 is 0. The van der Waals surface area contributed by atoms with Crippen molar-refractivity contribution in [1.82, 2.24) is 16.0 Å². The number of alkyl carbamates (subject to hydrolysis) is 1. The van der Waals surface area contributed by atoms with Crippen LogP contribution in [-0.4, -0.2) is 67.9 Å². The van der Waals surface area contributed by atoms with Gasteiger partial charge in [0.2, 0.25) is 5.91 Å². The first-order chi connectivity index (χ1) is 21.9. The van der Waals surface area contributed by atoms with Gasteiger partial charge in [0.15, 0.2) is 9.84 Å². The molecule has 0 aromatic heterocycles. The minimum atomic E-state index is -3.84. The SMILES string of the molecule is CCCC(CCC)S(=O)(=O)C[C@@H](NC(=O)OCC1CC1)C(=O)N[C@@H](Cc1cc(F)cc(F)c1)[C@H](O)CNCc1cccc(CC)c1.Cl. The summed E-state index contributed by atoms with van der Waals surface area (Å²) in [5.74, 6) is -2.89. The summed E-state index contributed by atoms with van der Waals surface area (Å²) in [7, 11) is -3.84. The van der Waals surface area contributed by atoms with Gasteiger partial charge in [-0.2, -0.15) is 0 Å². The van der Waals surface area contributed by atoms with Crippen molar-refractivity contribution in [3.63, 3.8) is 0 Å². The molecule has 13 heteroatoms. The molecule has 1 aliphatic rings. The number of aliphatic hydroxyl groups is 1. The van der Waals surface area contributed by atoms with Crippen LogP contribution in [0.4, 0.5) is 13.6 Å². The Morgan fingerprint density at radius 2 is 1.60 bits per heavy atom. The van der Waals surface area contributed by atoms with Crippen molar-refractivity contribution in [3.05, 3.63) is 70.8 Å². The molecule has 1 aliphatic carbocycles. The lowest BCUT2D eigenvalue weighted by Gasteiger charge is -2.28. The fraction of sp³-hybridized carbons (Fsp3) is 0.588. The number of ether oxygens (including phenoxy) is 1. The van der Waals surface area contributed by atoms with Crippen LogP contribution >= 0.6 is 12.4 Å². The maximum Gasteiger partial charge on any atom is 0.407 e. The lowest BCUT2D eigenvalue weighted by molar-refractivity contribution is -0.124. The van der Waals surface area contributed by atoms with Gasteiger partial charge in [0, 0.05) is 19.2 Å².